The van der Waals surface area contributed by atoms with E-state index in [0.29, 0.717) is 29.3 Å². The molecule has 6 nitrogen and oxygen atoms in total. The fourth-order valence-corrected chi connectivity index (χ4v) is 3.54. The maximum absolute atomic E-state index is 13.1. The van der Waals surface area contributed by atoms with Gasteiger partial charge in [0.25, 0.3) is 5.91 Å². The molecule has 2 aromatic heterocycles. The zero-order valence-corrected chi connectivity index (χ0v) is 17.4. The first-order valence-electron chi connectivity index (χ1n) is 10.1. The minimum absolute atomic E-state index is 0.00200. The van der Waals surface area contributed by atoms with Crippen molar-refractivity contribution >= 4 is 11.7 Å². The number of benzene rings is 1. The van der Waals surface area contributed by atoms with E-state index in [1.54, 1.807) is 30.5 Å². The molecule has 0 aliphatic carbocycles. The van der Waals surface area contributed by atoms with Crippen molar-refractivity contribution in [1.82, 2.24) is 20.1 Å². The summed E-state index contributed by atoms with van der Waals surface area (Å²) in [6.45, 7) is 0.767. The van der Waals surface area contributed by atoms with Gasteiger partial charge in [0.1, 0.15) is 5.69 Å². The first kappa shape index (κ1) is 23.5. The molecule has 3 aromatic rings. The van der Waals surface area contributed by atoms with Crippen LogP contribution in [-0.4, -0.2) is 52.2 Å². The lowest BCUT2D eigenvalue weighted by Gasteiger charge is -2.35. The van der Waals surface area contributed by atoms with Gasteiger partial charge in [0, 0.05) is 37.9 Å². The van der Waals surface area contributed by atoms with Crippen LogP contribution in [0.25, 0.3) is 11.4 Å². The molecule has 1 aromatic carbocycles. The summed E-state index contributed by atoms with van der Waals surface area (Å²) >= 11 is 0. The topological polar surface area (TPSA) is 62.2 Å². The highest BCUT2D eigenvalue weighted by Crippen LogP contribution is 2.36. The Kier molecular flexibility index (Phi) is 6.15. The molecule has 4 rings (SSSR count). The van der Waals surface area contributed by atoms with Crippen LogP contribution < -0.4 is 4.90 Å². The molecular weight excluding hydrogens is 464 g/mol. The Morgan fingerprint density at radius 3 is 1.91 bits per heavy atom. The molecule has 34 heavy (non-hydrogen) atoms. The largest absolute Gasteiger partial charge is 0.416 e. The summed E-state index contributed by atoms with van der Waals surface area (Å²) in [5, 5.41) is 8.31. The van der Waals surface area contributed by atoms with Gasteiger partial charge in [-0.1, -0.05) is 6.07 Å². The summed E-state index contributed by atoms with van der Waals surface area (Å²) in [4.78, 5) is 20.0. The van der Waals surface area contributed by atoms with Crippen molar-refractivity contribution in [2.45, 2.75) is 12.4 Å². The van der Waals surface area contributed by atoms with E-state index in [0.717, 1.165) is 0 Å². The van der Waals surface area contributed by atoms with Crippen molar-refractivity contribution in [1.29, 1.82) is 0 Å². The van der Waals surface area contributed by atoms with E-state index in [9.17, 15) is 31.1 Å². The van der Waals surface area contributed by atoms with Gasteiger partial charge < -0.3 is 9.80 Å². The van der Waals surface area contributed by atoms with E-state index >= 15 is 0 Å². The Labute approximate surface area is 189 Å². The zero-order chi connectivity index (χ0) is 24.5. The van der Waals surface area contributed by atoms with Crippen molar-refractivity contribution in [3.8, 4) is 11.4 Å². The van der Waals surface area contributed by atoms with Crippen LogP contribution in [0.2, 0.25) is 0 Å². The summed E-state index contributed by atoms with van der Waals surface area (Å²) < 4.78 is 78.6. The lowest BCUT2D eigenvalue weighted by atomic mass is 10.0. The lowest BCUT2D eigenvalue weighted by Crippen LogP contribution is -2.49. The predicted octanol–water partition coefficient (Wildman–Crippen LogP) is 4.54. The molecule has 12 heteroatoms. The van der Waals surface area contributed by atoms with Crippen LogP contribution in [0.1, 0.15) is 21.5 Å². The summed E-state index contributed by atoms with van der Waals surface area (Å²) in [6, 6.07) is 9.75. The van der Waals surface area contributed by atoms with Crippen LogP contribution in [0.15, 0.2) is 54.7 Å². The third kappa shape index (κ3) is 5.10. The van der Waals surface area contributed by atoms with Crippen LogP contribution in [0.4, 0.5) is 32.2 Å². The number of nitrogens with zero attached hydrogens (tertiary/aromatic N) is 5. The molecule has 0 atom stereocenters. The highest BCUT2D eigenvalue weighted by Gasteiger charge is 2.38. The number of halogens is 6. The van der Waals surface area contributed by atoms with Gasteiger partial charge in [-0.25, -0.2) is 0 Å². The predicted molar refractivity (Wildman–Crippen MR) is 110 cm³/mol. The number of piperazine rings is 1. The van der Waals surface area contributed by atoms with Gasteiger partial charge in [-0.05, 0) is 42.5 Å². The molecule has 0 saturated carbocycles. The number of carbonyl (C=O) groups is 1. The molecule has 1 aliphatic rings. The second kappa shape index (κ2) is 8.92. The van der Waals surface area contributed by atoms with E-state index in [2.05, 4.69) is 15.2 Å². The van der Waals surface area contributed by atoms with Crippen molar-refractivity contribution in [3.63, 3.8) is 0 Å². The van der Waals surface area contributed by atoms with Crippen molar-refractivity contribution in [3.05, 3.63) is 71.4 Å². The molecule has 0 unspecified atom stereocenters. The molecule has 1 aliphatic heterocycles. The quantitative estimate of drug-likeness (QED) is 0.515. The van der Waals surface area contributed by atoms with Gasteiger partial charge in [0.2, 0.25) is 0 Å². The molecule has 1 amide bonds. The van der Waals surface area contributed by atoms with E-state index in [1.807, 2.05) is 11.0 Å². The summed E-state index contributed by atoms with van der Waals surface area (Å²) in [5.41, 5.74) is -2.48. The van der Waals surface area contributed by atoms with Crippen LogP contribution in [-0.2, 0) is 12.4 Å². The number of anilines is 1. The van der Waals surface area contributed by atoms with E-state index in [-0.39, 0.29) is 32.2 Å². The SMILES string of the molecule is O=C(c1cc(C(F)(F)F)cc(C(F)(F)F)c1)N1CCN(c2ccc(-c3ccccn3)nn2)CC1. The van der Waals surface area contributed by atoms with Crippen LogP contribution >= 0.6 is 0 Å². The number of alkyl halides is 6. The third-order valence-corrected chi connectivity index (χ3v) is 5.30. The Hall–Kier alpha value is -3.70. The molecule has 0 radical (unpaired) electrons. The van der Waals surface area contributed by atoms with E-state index in [1.165, 1.54) is 4.90 Å². The van der Waals surface area contributed by atoms with Crippen LogP contribution in [0.3, 0.4) is 0 Å². The van der Waals surface area contributed by atoms with Crippen molar-refractivity contribution in [2.75, 3.05) is 31.1 Å². The van der Waals surface area contributed by atoms with E-state index in [4.69, 9.17) is 0 Å². The molecule has 3 heterocycles. The standard InChI is InChI=1S/C22H17F6N5O/c23-21(24,25)15-11-14(12-16(13-15)22(26,27)28)20(34)33-9-7-32(8-10-33)19-5-4-18(30-31-19)17-3-1-2-6-29-17/h1-6,11-13H,7-10H2. The highest BCUT2D eigenvalue weighted by molar-refractivity contribution is 5.95. The number of hydrogen-bond donors (Lipinski definition) is 0. The monoisotopic (exact) mass is 481 g/mol. The van der Waals surface area contributed by atoms with Crippen LogP contribution in [0.5, 0.6) is 0 Å². The number of hydrogen-bond acceptors (Lipinski definition) is 5. The summed E-state index contributed by atoms with van der Waals surface area (Å²) in [5.74, 6) is -0.363. The first-order chi connectivity index (χ1) is 16.0. The average Bonchev–Trinajstić information content (AvgIpc) is 2.83. The first-order valence-corrected chi connectivity index (χ1v) is 10.1. The fraction of sp³-hybridized carbons (Fsp3) is 0.273. The maximum atomic E-state index is 13.1. The second-order valence-corrected chi connectivity index (χ2v) is 7.57. The Morgan fingerprint density at radius 1 is 0.765 bits per heavy atom. The van der Waals surface area contributed by atoms with Gasteiger partial charge in [0.15, 0.2) is 5.82 Å². The lowest BCUT2D eigenvalue weighted by molar-refractivity contribution is -0.143. The maximum Gasteiger partial charge on any atom is 0.416 e. The minimum Gasteiger partial charge on any atom is -0.352 e. The van der Waals surface area contributed by atoms with Crippen molar-refractivity contribution < 1.29 is 31.1 Å². The number of aromatic nitrogens is 3. The zero-order valence-electron chi connectivity index (χ0n) is 17.4. The smallest absolute Gasteiger partial charge is 0.352 e. The van der Waals surface area contributed by atoms with Gasteiger partial charge in [-0.2, -0.15) is 26.3 Å². The third-order valence-electron chi connectivity index (χ3n) is 5.30. The van der Waals surface area contributed by atoms with Gasteiger partial charge in [-0.15, -0.1) is 10.2 Å². The second-order valence-electron chi connectivity index (χ2n) is 7.57. The number of pyridine rings is 1. The number of amides is 1. The van der Waals surface area contributed by atoms with E-state index < -0.39 is 35.0 Å². The van der Waals surface area contributed by atoms with Gasteiger partial charge >= 0.3 is 12.4 Å². The Morgan fingerprint density at radius 2 is 1.41 bits per heavy atom. The molecule has 178 valence electrons. The fourth-order valence-electron chi connectivity index (χ4n) is 3.54. The average molecular weight is 481 g/mol. The minimum atomic E-state index is -5.02. The summed E-state index contributed by atoms with van der Waals surface area (Å²) in [7, 11) is 0. The molecule has 0 bridgehead atoms. The number of rotatable bonds is 3. The number of carbonyl (C=O) groups excluding carboxylic acids is 1. The highest BCUT2D eigenvalue weighted by atomic mass is 19.4. The molecular formula is C22H17F6N5O. The van der Waals surface area contributed by atoms with Gasteiger partial charge in [0.05, 0.1) is 16.8 Å². The normalized spacial score (nSPS) is 14.9. The molecule has 0 N–H and O–H groups in total. The Balaban J connectivity index is 1.47. The molecule has 1 saturated heterocycles. The van der Waals surface area contributed by atoms with Crippen LogP contribution in [0, 0.1) is 0 Å². The van der Waals surface area contributed by atoms with Gasteiger partial charge in [-0.3, -0.25) is 9.78 Å². The molecule has 0 spiro atoms. The van der Waals surface area contributed by atoms with Crippen molar-refractivity contribution in [2.24, 2.45) is 0 Å². The Bertz CT molecular complexity index is 1120. The summed E-state index contributed by atoms with van der Waals surface area (Å²) in [6.07, 6.45) is -8.41. The molecule has 1 fully saturated rings.